The number of carbonyl (C=O) groups is 2. The lowest BCUT2D eigenvalue weighted by atomic mass is 10.2. The summed E-state index contributed by atoms with van der Waals surface area (Å²) in [5.74, 6) is -0.557. The van der Waals surface area contributed by atoms with Gasteiger partial charge in [0.1, 0.15) is 11.5 Å². The monoisotopic (exact) mass is 299 g/mol. The molecule has 0 unspecified atom stereocenters. The summed E-state index contributed by atoms with van der Waals surface area (Å²) in [4.78, 5) is 24.3. The zero-order valence-corrected chi connectivity index (χ0v) is 12.4. The first-order valence-corrected chi connectivity index (χ1v) is 6.89. The zero-order valence-electron chi connectivity index (χ0n) is 12.4. The second-order valence-electron chi connectivity index (χ2n) is 4.85. The quantitative estimate of drug-likeness (QED) is 0.680. The van der Waals surface area contributed by atoms with Crippen LogP contribution in [0.3, 0.4) is 0 Å². The summed E-state index contributed by atoms with van der Waals surface area (Å²) in [6.07, 6.45) is 2.63. The number of hydrogen-bond acceptors (Lipinski definition) is 4. The minimum atomic E-state index is -0.615. The van der Waals surface area contributed by atoms with Gasteiger partial charge in [0.25, 0.3) is 5.91 Å². The molecule has 0 fully saturated rings. The van der Waals surface area contributed by atoms with Gasteiger partial charge < -0.3 is 14.5 Å². The Morgan fingerprint density at radius 2 is 1.86 bits per heavy atom. The Hall–Kier alpha value is -2.82. The van der Waals surface area contributed by atoms with E-state index in [9.17, 15) is 9.59 Å². The standard InChI is InChI=1S/C17H17NO4/c1-12(2)22-17(20)15(11-14-9-6-10-21-14)18-16(19)13-7-4-3-5-8-13/h3-12H,1-2H3,(H,18,19)/b15-11-. The molecule has 1 heterocycles. The van der Waals surface area contributed by atoms with Crippen LogP contribution in [0.1, 0.15) is 30.0 Å². The van der Waals surface area contributed by atoms with Crippen molar-refractivity contribution in [2.75, 3.05) is 0 Å². The lowest BCUT2D eigenvalue weighted by Crippen LogP contribution is -2.29. The van der Waals surface area contributed by atoms with Crippen molar-refractivity contribution < 1.29 is 18.7 Å². The van der Waals surface area contributed by atoms with Crippen molar-refractivity contribution in [3.05, 3.63) is 65.7 Å². The van der Waals surface area contributed by atoms with E-state index in [-0.39, 0.29) is 17.7 Å². The third-order valence-electron chi connectivity index (χ3n) is 2.68. The molecule has 0 aliphatic heterocycles. The van der Waals surface area contributed by atoms with Crippen molar-refractivity contribution in [2.45, 2.75) is 20.0 Å². The smallest absolute Gasteiger partial charge is 0.355 e. The predicted molar refractivity (Wildman–Crippen MR) is 81.8 cm³/mol. The van der Waals surface area contributed by atoms with Crippen molar-refractivity contribution in [1.29, 1.82) is 0 Å². The molecule has 0 saturated heterocycles. The van der Waals surface area contributed by atoms with E-state index in [4.69, 9.17) is 9.15 Å². The highest BCUT2D eigenvalue weighted by molar-refractivity contribution is 6.03. The molecule has 1 aromatic carbocycles. The number of benzene rings is 1. The number of furan rings is 1. The third kappa shape index (κ3) is 4.34. The molecule has 2 aromatic rings. The first kappa shape index (κ1) is 15.6. The first-order chi connectivity index (χ1) is 10.6. The topological polar surface area (TPSA) is 68.5 Å². The van der Waals surface area contributed by atoms with Gasteiger partial charge in [-0.1, -0.05) is 18.2 Å². The maximum absolute atomic E-state index is 12.2. The van der Waals surface area contributed by atoms with Crippen LogP contribution in [0, 0.1) is 0 Å². The van der Waals surface area contributed by atoms with Gasteiger partial charge in [0.2, 0.25) is 0 Å². The minimum absolute atomic E-state index is 0.0255. The number of carbonyl (C=O) groups excluding carboxylic acids is 2. The molecule has 0 aliphatic carbocycles. The Kier molecular flexibility index (Phi) is 5.14. The molecule has 5 nitrogen and oxygen atoms in total. The summed E-state index contributed by atoms with van der Waals surface area (Å²) in [5.41, 5.74) is 0.475. The lowest BCUT2D eigenvalue weighted by Gasteiger charge is -2.12. The molecule has 1 N–H and O–H groups in total. The predicted octanol–water partition coefficient (Wildman–Crippen LogP) is 3.00. The molecule has 2 rings (SSSR count). The van der Waals surface area contributed by atoms with Gasteiger partial charge in [-0.15, -0.1) is 0 Å². The Balaban J connectivity index is 2.21. The molecule has 0 aliphatic rings. The van der Waals surface area contributed by atoms with Gasteiger partial charge in [-0.25, -0.2) is 4.79 Å². The van der Waals surface area contributed by atoms with E-state index < -0.39 is 5.97 Å². The van der Waals surface area contributed by atoms with Crippen molar-refractivity contribution in [3.63, 3.8) is 0 Å². The van der Waals surface area contributed by atoms with E-state index in [0.717, 1.165) is 0 Å². The van der Waals surface area contributed by atoms with Crippen LogP contribution in [-0.2, 0) is 9.53 Å². The number of rotatable bonds is 5. The fourth-order valence-corrected chi connectivity index (χ4v) is 1.72. The molecule has 114 valence electrons. The van der Waals surface area contributed by atoms with Gasteiger partial charge in [-0.05, 0) is 38.1 Å². The summed E-state index contributed by atoms with van der Waals surface area (Å²) in [7, 11) is 0. The van der Waals surface area contributed by atoms with E-state index in [1.54, 1.807) is 50.2 Å². The number of ether oxygens (including phenoxy) is 1. The maximum atomic E-state index is 12.2. The molecule has 5 heteroatoms. The van der Waals surface area contributed by atoms with Gasteiger partial charge in [-0.3, -0.25) is 4.79 Å². The van der Waals surface area contributed by atoms with Crippen LogP contribution < -0.4 is 5.32 Å². The normalized spacial score (nSPS) is 11.3. The van der Waals surface area contributed by atoms with Crippen molar-refractivity contribution in [2.24, 2.45) is 0 Å². The fraction of sp³-hybridized carbons (Fsp3) is 0.176. The molecule has 0 saturated carbocycles. The largest absolute Gasteiger partial charge is 0.465 e. The second-order valence-corrected chi connectivity index (χ2v) is 4.85. The second kappa shape index (κ2) is 7.26. The van der Waals surface area contributed by atoms with Gasteiger partial charge in [0, 0.05) is 11.6 Å². The molecule has 0 bridgehead atoms. The minimum Gasteiger partial charge on any atom is -0.465 e. The Bertz CT molecular complexity index is 657. The Labute approximate surface area is 128 Å². The van der Waals surface area contributed by atoms with Gasteiger partial charge in [-0.2, -0.15) is 0 Å². The van der Waals surface area contributed by atoms with Crippen LogP contribution in [-0.4, -0.2) is 18.0 Å². The molecule has 1 aromatic heterocycles. The molecular formula is C17H17NO4. The SMILES string of the molecule is CC(C)OC(=O)/C(=C/c1ccco1)NC(=O)c1ccccc1. The summed E-state index contributed by atoms with van der Waals surface area (Å²) >= 11 is 0. The van der Waals surface area contributed by atoms with E-state index in [1.165, 1.54) is 12.3 Å². The van der Waals surface area contributed by atoms with Crippen LogP contribution in [0.4, 0.5) is 0 Å². The molecule has 22 heavy (non-hydrogen) atoms. The summed E-state index contributed by atoms with van der Waals surface area (Å²) in [6, 6.07) is 12.0. The zero-order chi connectivity index (χ0) is 15.9. The summed E-state index contributed by atoms with van der Waals surface area (Å²) in [6.45, 7) is 3.48. The van der Waals surface area contributed by atoms with Crippen LogP contribution >= 0.6 is 0 Å². The number of nitrogens with one attached hydrogen (secondary N) is 1. The third-order valence-corrected chi connectivity index (χ3v) is 2.68. The lowest BCUT2D eigenvalue weighted by molar-refractivity contribution is -0.142. The van der Waals surface area contributed by atoms with Crippen LogP contribution in [0.2, 0.25) is 0 Å². The molecule has 0 spiro atoms. The number of amides is 1. The number of hydrogen-bond donors (Lipinski definition) is 1. The molecule has 0 atom stereocenters. The first-order valence-electron chi connectivity index (χ1n) is 6.89. The van der Waals surface area contributed by atoms with Crippen molar-refractivity contribution >= 4 is 18.0 Å². The highest BCUT2D eigenvalue weighted by atomic mass is 16.5. The van der Waals surface area contributed by atoms with Crippen LogP contribution in [0.25, 0.3) is 6.08 Å². The molecular weight excluding hydrogens is 282 g/mol. The highest BCUT2D eigenvalue weighted by Gasteiger charge is 2.17. The summed E-state index contributed by atoms with van der Waals surface area (Å²) < 4.78 is 10.3. The maximum Gasteiger partial charge on any atom is 0.355 e. The Morgan fingerprint density at radius 1 is 1.14 bits per heavy atom. The number of esters is 1. The van der Waals surface area contributed by atoms with E-state index >= 15 is 0 Å². The van der Waals surface area contributed by atoms with E-state index in [0.29, 0.717) is 11.3 Å². The Morgan fingerprint density at radius 3 is 2.45 bits per heavy atom. The molecule has 0 radical (unpaired) electrons. The van der Waals surface area contributed by atoms with Gasteiger partial charge in [0.05, 0.1) is 12.4 Å². The van der Waals surface area contributed by atoms with Crippen LogP contribution in [0.15, 0.2) is 58.8 Å². The van der Waals surface area contributed by atoms with Gasteiger partial charge >= 0.3 is 5.97 Å². The average molecular weight is 299 g/mol. The fourth-order valence-electron chi connectivity index (χ4n) is 1.72. The van der Waals surface area contributed by atoms with Crippen molar-refractivity contribution in [1.82, 2.24) is 5.32 Å². The van der Waals surface area contributed by atoms with Gasteiger partial charge in [0.15, 0.2) is 0 Å². The summed E-state index contributed by atoms with van der Waals surface area (Å²) in [5, 5.41) is 2.56. The van der Waals surface area contributed by atoms with E-state index in [1.807, 2.05) is 6.07 Å². The van der Waals surface area contributed by atoms with Crippen molar-refractivity contribution in [3.8, 4) is 0 Å². The molecule has 1 amide bonds. The van der Waals surface area contributed by atoms with Crippen LogP contribution in [0.5, 0.6) is 0 Å². The van der Waals surface area contributed by atoms with E-state index in [2.05, 4.69) is 5.32 Å². The average Bonchev–Trinajstić information content (AvgIpc) is 2.99. The highest BCUT2D eigenvalue weighted by Crippen LogP contribution is 2.09.